The van der Waals surface area contributed by atoms with E-state index in [2.05, 4.69) is 15.3 Å². The molecule has 0 saturated heterocycles. The number of anilines is 1. The second-order valence-corrected chi connectivity index (χ2v) is 10.1. The van der Waals surface area contributed by atoms with Gasteiger partial charge in [0, 0.05) is 13.4 Å². The molecule has 0 unspecified atom stereocenters. The minimum absolute atomic E-state index is 0.0625. The highest BCUT2D eigenvalue weighted by molar-refractivity contribution is 7.90. The summed E-state index contributed by atoms with van der Waals surface area (Å²) in [5.41, 5.74) is 1.36. The van der Waals surface area contributed by atoms with Gasteiger partial charge in [0.25, 0.3) is 0 Å². The number of amides is 1. The molecule has 1 aliphatic carbocycles. The number of halogens is 1. The monoisotopic (exact) mass is 451 g/mol. The van der Waals surface area contributed by atoms with Gasteiger partial charge < -0.3 is 10.1 Å². The van der Waals surface area contributed by atoms with Gasteiger partial charge >= 0.3 is 0 Å². The lowest BCUT2D eigenvalue weighted by atomic mass is 9.87. The Morgan fingerprint density at radius 2 is 2.00 bits per heavy atom. The van der Waals surface area contributed by atoms with Crippen molar-refractivity contribution in [1.29, 1.82) is 0 Å². The average molecular weight is 452 g/mol. The van der Waals surface area contributed by atoms with E-state index >= 15 is 0 Å². The van der Waals surface area contributed by atoms with Crippen LogP contribution in [0.5, 0.6) is 0 Å². The van der Waals surface area contributed by atoms with Gasteiger partial charge in [0.05, 0.1) is 40.5 Å². The molecule has 0 bridgehead atoms. The molecule has 1 heterocycles. The van der Waals surface area contributed by atoms with E-state index in [9.17, 15) is 13.2 Å². The van der Waals surface area contributed by atoms with Gasteiger partial charge in [0.1, 0.15) is 0 Å². The van der Waals surface area contributed by atoms with Crippen molar-refractivity contribution < 1.29 is 17.9 Å². The molecule has 1 aliphatic rings. The van der Waals surface area contributed by atoms with Crippen molar-refractivity contribution in [3.8, 4) is 0 Å². The van der Waals surface area contributed by atoms with Gasteiger partial charge in [0.2, 0.25) is 5.91 Å². The fourth-order valence-electron chi connectivity index (χ4n) is 3.86. The topological polar surface area (TPSA) is 98.2 Å². The van der Waals surface area contributed by atoms with E-state index in [4.69, 9.17) is 16.3 Å². The quantitative estimate of drug-likeness (QED) is 0.651. The molecular formula is C21H26ClN3O4S. The summed E-state index contributed by atoms with van der Waals surface area (Å²) in [5, 5.41) is 2.96. The van der Waals surface area contributed by atoms with Gasteiger partial charge in [-0.2, -0.15) is 0 Å². The van der Waals surface area contributed by atoms with E-state index in [1.54, 1.807) is 25.4 Å². The molecule has 1 saturated carbocycles. The summed E-state index contributed by atoms with van der Waals surface area (Å²) in [7, 11) is -1.86. The Morgan fingerprint density at radius 1 is 1.27 bits per heavy atom. The molecule has 1 aromatic carbocycles. The second kappa shape index (κ2) is 9.85. The summed E-state index contributed by atoms with van der Waals surface area (Å²) in [5.74, 6) is 0.137. The van der Waals surface area contributed by atoms with Gasteiger partial charge in [0.15, 0.2) is 15.7 Å². The Hall–Kier alpha value is -2.03. The summed E-state index contributed by atoms with van der Waals surface area (Å²) in [4.78, 5) is 21.7. The van der Waals surface area contributed by atoms with Crippen molar-refractivity contribution in [1.82, 2.24) is 9.97 Å². The number of benzene rings is 1. The van der Waals surface area contributed by atoms with Gasteiger partial charge in [-0.25, -0.2) is 13.4 Å². The highest BCUT2D eigenvalue weighted by atomic mass is 35.5. The van der Waals surface area contributed by atoms with Crippen LogP contribution in [0.1, 0.15) is 49.3 Å². The lowest BCUT2D eigenvalue weighted by Crippen LogP contribution is -2.24. The molecule has 30 heavy (non-hydrogen) atoms. The number of carbonyl (C=O) groups is 1. The first-order chi connectivity index (χ1) is 14.3. The third-order valence-electron chi connectivity index (χ3n) is 5.37. The van der Waals surface area contributed by atoms with Crippen LogP contribution in [0.25, 0.3) is 0 Å². The molecule has 162 valence electrons. The van der Waals surface area contributed by atoms with Crippen molar-refractivity contribution in [3.05, 3.63) is 46.9 Å². The van der Waals surface area contributed by atoms with Gasteiger partial charge in [-0.3, -0.25) is 9.78 Å². The van der Waals surface area contributed by atoms with Crippen LogP contribution in [0.4, 0.5) is 5.82 Å². The standard InChI is InChI=1S/C21H26ClN3O4S/c1-29-13-16-11-24-20(12-23-16)25-21(26)17(9-14-5-3-4-6-14)15-7-8-19(18(22)10-15)30(2,27)28/h7-8,10-12,14,17H,3-6,9,13H2,1-2H3,(H,24,25,26)/t17-/m1/s1. The molecule has 3 rings (SSSR count). The first kappa shape index (κ1) is 22.7. The first-order valence-corrected chi connectivity index (χ1v) is 12.1. The lowest BCUT2D eigenvalue weighted by molar-refractivity contribution is -0.118. The molecule has 7 nitrogen and oxygen atoms in total. The van der Waals surface area contributed by atoms with E-state index in [1.807, 2.05) is 0 Å². The molecule has 0 radical (unpaired) electrons. The van der Waals surface area contributed by atoms with Crippen LogP contribution in [0, 0.1) is 5.92 Å². The predicted octanol–water partition coefficient (Wildman–Crippen LogP) is 3.98. The Kier molecular flexibility index (Phi) is 7.44. The molecule has 1 atom stereocenters. The maximum Gasteiger partial charge on any atom is 0.233 e. The third kappa shape index (κ3) is 5.77. The van der Waals surface area contributed by atoms with Gasteiger partial charge in [-0.1, -0.05) is 43.4 Å². The van der Waals surface area contributed by atoms with Gasteiger partial charge in [-0.05, 0) is 30.0 Å². The number of methoxy groups -OCH3 is 1. The Balaban J connectivity index is 1.84. The molecule has 0 spiro atoms. The number of nitrogens with one attached hydrogen (secondary N) is 1. The Labute approximate surface area is 182 Å². The van der Waals surface area contributed by atoms with E-state index < -0.39 is 15.8 Å². The Morgan fingerprint density at radius 3 is 2.57 bits per heavy atom. The number of ether oxygens (including phenoxy) is 1. The minimum atomic E-state index is -3.44. The number of nitrogens with zero attached hydrogens (tertiary/aromatic N) is 2. The first-order valence-electron chi connectivity index (χ1n) is 9.88. The molecule has 0 aliphatic heterocycles. The van der Waals surface area contributed by atoms with Gasteiger partial charge in [-0.15, -0.1) is 0 Å². The second-order valence-electron chi connectivity index (χ2n) is 7.72. The number of hydrogen-bond acceptors (Lipinski definition) is 6. The fraction of sp³-hybridized carbons (Fsp3) is 0.476. The molecular weight excluding hydrogens is 426 g/mol. The zero-order valence-corrected chi connectivity index (χ0v) is 18.7. The molecule has 1 amide bonds. The van der Waals surface area contributed by atoms with Crippen molar-refractivity contribution in [2.45, 2.75) is 49.5 Å². The molecule has 2 aromatic rings. The number of hydrogen-bond donors (Lipinski definition) is 1. The zero-order chi connectivity index (χ0) is 21.7. The number of sulfone groups is 1. The van der Waals surface area contributed by atoms with E-state index in [0.717, 1.165) is 19.1 Å². The van der Waals surface area contributed by atoms with Crippen LogP contribution >= 0.6 is 11.6 Å². The smallest absolute Gasteiger partial charge is 0.233 e. The molecule has 1 aromatic heterocycles. The molecule has 1 N–H and O–H groups in total. The van der Waals surface area contributed by atoms with Crippen LogP contribution in [-0.2, 0) is 26.0 Å². The highest BCUT2D eigenvalue weighted by Crippen LogP contribution is 2.36. The summed E-state index contributed by atoms with van der Waals surface area (Å²) in [6.07, 6.45) is 9.35. The van der Waals surface area contributed by atoms with Crippen LogP contribution in [-0.4, -0.2) is 37.7 Å². The minimum Gasteiger partial charge on any atom is -0.378 e. The van der Waals surface area contributed by atoms with E-state index in [0.29, 0.717) is 36.0 Å². The normalized spacial score (nSPS) is 15.8. The van der Waals surface area contributed by atoms with Crippen molar-refractivity contribution in [3.63, 3.8) is 0 Å². The Bertz CT molecular complexity index is 990. The van der Waals surface area contributed by atoms with E-state index in [-0.39, 0.29) is 15.8 Å². The number of aromatic nitrogens is 2. The fourth-order valence-corrected chi connectivity index (χ4v) is 5.20. The third-order valence-corrected chi connectivity index (χ3v) is 6.95. The van der Waals surface area contributed by atoms with Crippen molar-refractivity contribution in [2.24, 2.45) is 5.92 Å². The molecule has 9 heteroatoms. The number of rotatable bonds is 8. The summed E-state index contributed by atoms with van der Waals surface area (Å²) in [6.45, 7) is 0.344. The molecule has 1 fully saturated rings. The average Bonchev–Trinajstić information content (AvgIpc) is 3.20. The highest BCUT2D eigenvalue weighted by Gasteiger charge is 2.28. The number of carbonyl (C=O) groups excluding carboxylic acids is 1. The summed E-state index contributed by atoms with van der Waals surface area (Å²) < 4.78 is 28.8. The zero-order valence-electron chi connectivity index (χ0n) is 17.1. The maximum absolute atomic E-state index is 13.1. The SMILES string of the molecule is COCc1cnc(NC(=O)[C@H](CC2CCCC2)c2ccc(S(C)(=O)=O)c(Cl)c2)cn1. The van der Waals surface area contributed by atoms with Crippen LogP contribution in [0.15, 0.2) is 35.5 Å². The maximum atomic E-state index is 13.1. The summed E-state index contributed by atoms with van der Waals surface area (Å²) >= 11 is 6.24. The van der Waals surface area contributed by atoms with Crippen molar-refractivity contribution >= 4 is 33.2 Å². The summed E-state index contributed by atoms with van der Waals surface area (Å²) in [6, 6.07) is 4.74. The van der Waals surface area contributed by atoms with Crippen LogP contribution < -0.4 is 5.32 Å². The van der Waals surface area contributed by atoms with E-state index in [1.165, 1.54) is 25.1 Å². The van der Waals surface area contributed by atoms with Crippen molar-refractivity contribution in [2.75, 3.05) is 18.7 Å². The van der Waals surface area contributed by atoms with Crippen LogP contribution in [0.3, 0.4) is 0 Å². The lowest BCUT2D eigenvalue weighted by Gasteiger charge is -2.21. The predicted molar refractivity (Wildman–Crippen MR) is 115 cm³/mol. The largest absolute Gasteiger partial charge is 0.378 e. The van der Waals surface area contributed by atoms with Crippen LogP contribution in [0.2, 0.25) is 5.02 Å².